The Hall–Kier alpha value is -1.10. The predicted molar refractivity (Wildman–Crippen MR) is 66.3 cm³/mol. The van der Waals surface area contributed by atoms with Crippen LogP contribution in [-0.4, -0.2) is 36.1 Å². The standard InChI is InChI=1S/C12H24N2O3/c1-8(2)6-13-11(16)5-10(15)12(17)14-7-9(3)4/h8-10,15H,5-7H2,1-4H3,(H,13,16)(H,14,17). The summed E-state index contributed by atoms with van der Waals surface area (Å²) in [5.74, 6) is -0.115. The summed E-state index contributed by atoms with van der Waals surface area (Å²) < 4.78 is 0. The number of nitrogens with one attached hydrogen (secondary N) is 2. The van der Waals surface area contributed by atoms with Gasteiger partial charge in [-0.2, -0.15) is 0 Å². The molecule has 0 bridgehead atoms. The first kappa shape index (κ1) is 15.9. The molecule has 1 atom stereocenters. The summed E-state index contributed by atoms with van der Waals surface area (Å²) >= 11 is 0. The van der Waals surface area contributed by atoms with Gasteiger partial charge in [0.1, 0.15) is 6.10 Å². The SMILES string of the molecule is CC(C)CNC(=O)CC(O)C(=O)NCC(C)C. The van der Waals surface area contributed by atoms with E-state index in [1.165, 1.54) is 0 Å². The Bertz CT molecular complexity index is 252. The van der Waals surface area contributed by atoms with Crippen LogP contribution in [0.25, 0.3) is 0 Å². The number of amides is 2. The van der Waals surface area contributed by atoms with E-state index in [-0.39, 0.29) is 12.3 Å². The maximum absolute atomic E-state index is 11.4. The third kappa shape index (κ3) is 8.68. The van der Waals surface area contributed by atoms with Gasteiger partial charge in [-0.05, 0) is 11.8 Å². The van der Waals surface area contributed by atoms with Crippen molar-refractivity contribution in [3.8, 4) is 0 Å². The fourth-order valence-electron chi connectivity index (χ4n) is 1.08. The van der Waals surface area contributed by atoms with Crippen molar-refractivity contribution in [1.29, 1.82) is 0 Å². The lowest BCUT2D eigenvalue weighted by atomic mass is 10.2. The van der Waals surface area contributed by atoms with Gasteiger partial charge in [-0.3, -0.25) is 9.59 Å². The zero-order valence-electron chi connectivity index (χ0n) is 11.1. The molecule has 1 unspecified atom stereocenters. The van der Waals surface area contributed by atoms with Gasteiger partial charge in [0.15, 0.2) is 0 Å². The molecule has 0 aromatic rings. The second-order valence-corrected chi connectivity index (χ2v) is 5.06. The largest absolute Gasteiger partial charge is 0.383 e. The highest BCUT2D eigenvalue weighted by molar-refractivity contribution is 5.87. The fraction of sp³-hybridized carbons (Fsp3) is 0.833. The highest BCUT2D eigenvalue weighted by atomic mass is 16.3. The second kappa shape index (κ2) is 8.06. The molecule has 0 aliphatic heterocycles. The van der Waals surface area contributed by atoms with Crippen molar-refractivity contribution in [2.45, 2.75) is 40.2 Å². The number of aliphatic hydroxyl groups is 1. The van der Waals surface area contributed by atoms with Gasteiger partial charge in [-0.15, -0.1) is 0 Å². The van der Waals surface area contributed by atoms with E-state index in [1.807, 2.05) is 27.7 Å². The lowest BCUT2D eigenvalue weighted by Crippen LogP contribution is -2.40. The average molecular weight is 244 g/mol. The molecule has 0 spiro atoms. The molecule has 5 nitrogen and oxygen atoms in total. The smallest absolute Gasteiger partial charge is 0.249 e. The van der Waals surface area contributed by atoms with E-state index in [0.717, 1.165) is 0 Å². The first-order valence-electron chi connectivity index (χ1n) is 6.05. The summed E-state index contributed by atoms with van der Waals surface area (Å²) in [5.41, 5.74) is 0. The van der Waals surface area contributed by atoms with Gasteiger partial charge in [0.05, 0.1) is 6.42 Å². The molecule has 0 aliphatic carbocycles. The number of aliphatic hydroxyl groups excluding tert-OH is 1. The van der Waals surface area contributed by atoms with E-state index in [9.17, 15) is 14.7 Å². The normalized spacial score (nSPS) is 12.6. The van der Waals surface area contributed by atoms with Crippen LogP contribution in [0.3, 0.4) is 0 Å². The first-order valence-corrected chi connectivity index (χ1v) is 6.05. The van der Waals surface area contributed by atoms with Crippen LogP contribution in [0.15, 0.2) is 0 Å². The summed E-state index contributed by atoms with van der Waals surface area (Å²) in [4.78, 5) is 22.7. The van der Waals surface area contributed by atoms with Crippen LogP contribution < -0.4 is 10.6 Å². The van der Waals surface area contributed by atoms with E-state index in [0.29, 0.717) is 24.9 Å². The Balaban J connectivity index is 3.86. The molecular weight excluding hydrogens is 220 g/mol. The lowest BCUT2D eigenvalue weighted by Gasteiger charge is -2.13. The Morgan fingerprint density at radius 3 is 1.94 bits per heavy atom. The van der Waals surface area contributed by atoms with Crippen molar-refractivity contribution < 1.29 is 14.7 Å². The second-order valence-electron chi connectivity index (χ2n) is 5.06. The zero-order chi connectivity index (χ0) is 13.4. The number of hydrogen-bond acceptors (Lipinski definition) is 3. The van der Waals surface area contributed by atoms with Gasteiger partial charge in [-0.1, -0.05) is 27.7 Å². The highest BCUT2D eigenvalue weighted by Crippen LogP contribution is 1.95. The molecule has 0 aromatic heterocycles. The Kier molecular flexibility index (Phi) is 7.54. The molecule has 5 heteroatoms. The van der Waals surface area contributed by atoms with Crippen LogP contribution in [0, 0.1) is 11.8 Å². The molecule has 0 aliphatic rings. The van der Waals surface area contributed by atoms with Gasteiger partial charge in [0.2, 0.25) is 11.8 Å². The zero-order valence-corrected chi connectivity index (χ0v) is 11.1. The Morgan fingerprint density at radius 1 is 1.00 bits per heavy atom. The summed E-state index contributed by atoms with van der Waals surface area (Å²) in [7, 11) is 0. The summed E-state index contributed by atoms with van der Waals surface area (Å²) in [6.45, 7) is 8.94. The van der Waals surface area contributed by atoms with Crippen molar-refractivity contribution in [1.82, 2.24) is 10.6 Å². The van der Waals surface area contributed by atoms with Crippen molar-refractivity contribution in [2.24, 2.45) is 11.8 Å². The van der Waals surface area contributed by atoms with Crippen LogP contribution in [0.2, 0.25) is 0 Å². The number of carbonyl (C=O) groups is 2. The topological polar surface area (TPSA) is 78.4 Å². The molecular formula is C12H24N2O3. The average Bonchev–Trinajstić information content (AvgIpc) is 2.22. The van der Waals surface area contributed by atoms with Gasteiger partial charge >= 0.3 is 0 Å². The van der Waals surface area contributed by atoms with Crippen LogP contribution in [0.1, 0.15) is 34.1 Å². The summed E-state index contributed by atoms with van der Waals surface area (Å²) in [6, 6.07) is 0. The van der Waals surface area contributed by atoms with Gasteiger partial charge in [0, 0.05) is 13.1 Å². The van der Waals surface area contributed by atoms with Crippen LogP contribution >= 0.6 is 0 Å². The predicted octanol–water partition coefficient (Wildman–Crippen LogP) is 0.282. The number of hydrogen-bond donors (Lipinski definition) is 3. The summed E-state index contributed by atoms with van der Waals surface area (Å²) in [6.07, 6.45) is -1.45. The molecule has 2 amide bonds. The number of rotatable bonds is 7. The third-order valence-corrected chi connectivity index (χ3v) is 2.07. The minimum atomic E-state index is -1.26. The van der Waals surface area contributed by atoms with Crippen molar-refractivity contribution in [2.75, 3.05) is 13.1 Å². The Labute approximate surface area is 103 Å². The molecule has 0 rings (SSSR count). The molecule has 100 valence electrons. The monoisotopic (exact) mass is 244 g/mol. The maximum atomic E-state index is 11.4. The molecule has 17 heavy (non-hydrogen) atoms. The minimum Gasteiger partial charge on any atom is -0.383 e. The fourth-order valence-corrected chi connectivity index (χ4v) is 1.08. The molecule has 0 saturated heterocycles. The van der Waals surface area contributed by atoms with E-state index in [4.69, 9.17) is 0 Å². The van der Waals surface area contributed by atoms with Crippen molar-refractivity contribution in [3.63, 3.8) is 0 Å². The molecule has 0 aromatic carbocycles. The van der Waals surface area contributed by atoms with Crippen LogP contribution in [-0.2, 0) is 9.59 Å². The van der Waals surface area contributed by atoms with Crippen molar-refractivity contribution in [3.05, 3.63) is 0 Å². The number of carbonyl (C=O) groups excluding carboxylic acids is 2. The van der Waals surface area contributed by atoms with Crippen molar-refractivity contribution >= 4 is 11.8 Å². The minimum absolute atomic E-state index is 0.184. The van der Waals surface area contributed by atoms with Gasteiger partial charge in [-0.25, -0.2) is 0 Å². The van der Waals surface area contributed by atoms with E-state index < -0.39 is 12.0 Å². The molecule has 3 N–H and O–H groups in total. The third-order valence-electron chi connectivity index (χ3n) is 2.07. The molecule has 0 fully saturated rings. The van der Waals surface area contributed by atoms with E-state index in [2.05, 4.69) is 10.6 Å². The first-order chi connectivity index (χ1) is 7.82. The lowest BCUT2D eigenvalue weighted by molar-refractivity contribution is -0.134. The Morgan fingerprint density at radius 2 is 1.47 bits per heavy atom. The quantitative estimate of drug-likeness (QED) is 0.602. The molecule has 0 saturated carbocycles. The maximum Gasteiger partial charge on any atom is 0.249 e. The van der Waals surface area contributed by atoms with E-state index in [1.54, 1.807) is 0 Å². The van der Waals surface area contributed by atoms with Crippen LogP contribution in [0.5, 0.6) is 0 Å². The van der Waals surface area contributed by atoms with E-state index >= 15 is 0 Å². The van der Waals surface area contributed by atoms with Crippen LogP contribution in [0.4, 0.5) is 0 Å². The molecule has 0 radical (unpaired) electrons. The highest BCUT2D eigenvalue weighted by Gasteiger charge is 2.18. The molecule has 0 heterocycles. The van der Waals surface area contributed by atoms with Gasteiger partial charge in [0.25, 0.3) is 0 Å². The van der Waals surface area contributed by atoms with Gasteiger partial charge < -0.3 is 15.7 Å². The summed E-state index contributed by atoms with van der Waals surface area (Å²) in [5, 5.41) is 14.7.